The fourth-order valence-electron chi connectivity index (χ4n) is 2.69. The van der Waals surface area contributed by atoms with Gasteiger partial charge in [0.2, 0.25) is 0 Å². The maximum absolute atomic E-state index is 12.5. The first-order chi connectivity index (χ1) is 11.1. The average molecular weight is 322 g/mol. The van der Waals surface area contributed by atoms with Gasteiger partial charge in [-0.05, 0) is 31.7 Å². The van der Waals surface area contributed by atoms with Crippen LogP contribution in [0.15, 0.2) is 24.3 Å². The van der Waals surface area contributed by atoms with E-state index in [1.165, 1.54) is 0 Å². The van der Waals surface area contributed by atoms with Crippen LogP contribution in [0.2, 0.25) is 0 Å². The van der Waals surface area contributed by atoms with E-state index in [2.05, 4.69) is 0 Å². The van der Waals surface area contributed by atoms with Crippen molar-refractivity contribution in [2.45, 2.75) is 13.0 Å². The Morgan fingerprint density at radius 1 is 1.52 bits per heavy atom. The van der Waals surface area contributed by atoms with Crippen molar-refractivity contribution in [3.63, 3.8) is 0 Å². The Bertz CT molecular complexity index is 509. The summed E-state index contributed by atoms with van der Waals surface area (Å²) in [5, 5.41) is 9.00. The molecule has 6 nitrogen and oxygen atoms in total. The minimum atomic E-state index is -0.0304. The lowest BCUT2D eigenvalue weighted by Crippen LogP contribution is -2.54. The van der Waals surface area contributed by atoms with Gasteiger partial charge in [-0.15, -0.1) is 0 Å². The standard InChI is InChI=1S/C17H26N2O4/c1-14-4-3-5-16(10-14)23-13-17(21)19-7-9-22-12-15(19)11-18(2)6-8-20/h3-5,10,15,20H,6-9,11-13H2,1-2H3. The molecule has 2 rings (SSSR count). The van der Waals surface area contributed by atoms with Crippen LogP contribution < -0.4 is 4.74 Å². The highest BCUT2D eigenvalue weighted by atomic mass is 16.5. The molecule has 1 aromatic rings. The number of aryl methyl sites for hydroxylation is 1. The molecule has 1 saturated heterocycles. The third-order valence-electron chi connectivity index (χ3n) is 3.90. The molecule has 1 unspecified atom stereocenters. The molecule has 0 aromatic heterocycles. The number of nitrogens with zero attached hydrogens (tertiary/aromatic N) is 2. The number of hydrogen-bond acceptors (Lipinski definition) is 5. The fourth-order valence-corrected chi connectivity index (χ4v) is 2.69. The van der Waals surface area contributed by atoms with E-state index < -0.39 is 0 Å². The SMILES string of the molecule is Cc1cccc(OCC(=O)N2CCOCC2CN(C)CCO)c1. The van der Waals surface area contributed by atoms with E-state index >= 15 is 0 Å². The van der Waals surface area contributed by atoms with Crippen LogP contribution in [-0.2, 0) is 9.53 Å². The molecule has 0 saturated carbocycles. The number of carbonyl (C=O) groups is 1. The van der Waals surface area contributed by atoms with Crippen LogP contribution in [0.3, 0.4) is 0 Å². The number of rotatable bonds is 7. The smallest absolute Gasteiger partial charge is 0.260 e. The van der Waals surface area contributed by atoms with Crippen LogP contribution >= 0.6 is 0 Å². The molecule has 1 heterocycles. The van der Waals surface area contributed by atoms with Gasteiger partial charge in [0.25, 0.3) is 5.91 Å². The molecular weight excluding hydrogens is 296 g/mol. The molecule has 1 fully saturated rings. The van der Waals surface area contributed by atoms with Crippen LogP contribution in [0.4, 0.5) is 0 Å². The second kappa shape index (κ2) is 8.86. The monoisotopic (exact) mass is 322 g/mol. The molecule has 6 heteroatoms. The van der Waals surface area contributed by atoms with Crippen LogP contribution in [0, 0.1) is 6.92 Å². The average Bonchev–Trinajstić information content (AvgIpc) is 2.53. The van der Waals surface area contributed by atoms with Crippen molar-refractivity contribution < 1.29 is 19.4 Å². The van der Waals surface area contributed by atoms with Crippen molar-refractivity contribution in [1.82, 2.24) is 9.80 Å². The fraction of sp³-hybridized carbons (Fsp3) is 0.588. The molecule has 0 aliphatic carbocycles. The second-order valence-electron chi connectivity index (χ2n) is 5.91. The van der Waals surface area contributed by atoms with Crippen LogP contribution in [0.25, 0.3) is 0 Å². The van der Waals surface area contributed by atoms with Crippen molar-refractivity contribution >= 4 is 5.91 Å². The first-order valence-corrected chi connectivity index (χ1v) is 7.96. The molecule has 1 aromatic carbocycles. The number of benzene rings is 1. The molecular formula is C17H26N2O4. The van der Waals surface area contributed by atoms with Crippen molar-refractivity contribution in [1.29, 1.82) is 0 Å². The van der Waals surface area contributed by atoms with Crippen molar-refractivity contribution in [3.8, 4) is 5.75 Å². The van der Waals surface area contributed by atoms with E-state index in [-0.39, 0.29) is 25.2 Å². The number of carbonyl (C=O) groups excluding carboxylic acids is 1. The first-order valence-electron chi connectivity index (χ1n) is 7.96. The Morgan fingerprint density at radius 2 is 2.35 bits per heavy atom. The molecule has 0 bridgehead atoms. The van der Waals surface area contributed by atoms with Gasteiger partial charge in [-0.3, -0.25) is 4.79 Å². The van der Waals surface area contributed by atoms with Gasteiger partial charge in [-0.1, -0.05) is 12.1 Å². The number of morpholine rings is 1. The van der Waals surface area contributed by atoms with Gasteiger partial charge in [0.15, 0.2) is 6.61 Å². The highest BCUT2D eigenvalue weighted by molar-refractivity contribution is 5.78. The zero-order chi connectivity index (χ0) is 16.7. The van der Waals surface area contributed by atoms with Gasteiger partial charge in [-0.25, -0.2) is 0 Å². The Morgan fingerprint density at radius 3 is 3.09 bits per heavy atom. The summed E-state index contributed by atoms with van der Waals surface area (Å²) in [7, 11) is 1.93. The summed E-state index contributed by atoms with van der Waals surface area (Å²) in [4.78, 5) is 16.3. The molecule has 1 amide bonds. The maximum atomic E-state index is 12.5. The van der Waals surface area contributed by atoms with Gasteiger partial charge >= 0.3 is 0 Å². The summed E-state index contributed by atoms with van der Waals surface area (Å²) in [5.74, 6) is 0.678. The summed E-state index contributed by atoms with van der Waals surface area (Å²) < 4.78 is 11.1. The molecule has 1 atom stereocenters. The van der Waals surface area contributed by atoms with E-state index in [0.717, 1.165) is 5.56 Å². The lowest BCUT2D eigenvalue weighted by atomic mass is 10.2. The number of aliphatic hydroxyl groups excluding tert-OH is 1. The first kappa shape index (κ1) is 17.7. The van der Waals surface area contributed by atoms with Crippen molar-refractivity contribution in [3.05, 3.63) is 29.8 Å². The summed E-state index contributed by atoms with van der Waals surface area (Å²) in [6, 6.07) is 7.67. The number of hydrogen-bond donors (Lipinski definition) is 1. The van der Waals surface area contributed by atoms with Gasteiger partial charge in [0.1, 0.15) is 5.75 Å². The highest BCUT2D eigenvalue weighted by Gasteiger charge is 2.28. The van der Waals surface area contributed by atoms with Gasteiger partial charge in [0, 0.05) is 19.6 Å². The van der Waals surface area contributed by atoms with Crippen molar-refractivity contribution in [2.24, 2.45) is 0 Å². The lowest BCUT2D eigenvalue weighted by Gasteiger charge is -2.37. The third kappa shape index (κ3) is 5.49. The Labute approximate surface area is 137 Å². The van der Waals surface area contributed by atoms with Crippen LogP contribution in [0.5, 0.6) is 5.75 Å². The lowest BCUT2D eigenvalue weighted by molar-refractivity contribution is -0.142. The minimum Gasteiger partial charge on any atom is -0.484 e. The van der Waals surface area contributed by atoms with Crippen LogP contribution in [0.1, 0.15) is 5.56 Å². The molecule has 1 aliphatic heterocycles. The Hall–Kier alpha value is -1.63. The molecule has 23 heavy (non-hydrogen) atoms. The van der Waals surface area contributed by atoms with E-state index in [4.69, 9.17) is 14.6 Å². The maximum Gasteiger partial charge on any atom is 0.260 e. The Kier molecular flexibility index (Phi) is 6.83. The molecule has 1 N–H and O–H groups in total. The summed E-state index contributed by atoms with van der Waals surface area (Å²) in [5.41, 5.74) is 1.10. The predicted molar refractivity (Wildman–Crippen MR) is 87.6 cm³/mol. The quantitative estimate of drug-likeness (QED) is 0.793. The summed E-state index contributed by atoms with van der Waals surface area (Å²) in [6.07, 6.45) is 0. The minimum absolute atomic E-state index is 0.00564. The van der Waals surface area contributed by atoms with E-state index in [9.17, 15) is 4.79 Å². The number of amides is 1. The van der Waals surface area contributed by atoms with E-state index in [0.29, 0.717) is 38.6 Å². The molecule has 0 radical (unpaired) electrons. The number of aliphatic hydroxyl groups is 1. The highest BCUT2D eigenvalue weighted by Crippen LogP contribution is 2.14. The number of ether oxygens (including phenoxy) is 2. The zero-order valence-corrected chi connectivity index (χ0v) is 13.9. The van der Waals surface area contributed by atoms with E-state index in [1.807, 2.05) is 48.0 Å². The third-order valence-corrected chi connectivity index (χ3v) is 3.90. The zero-order valence-electron chi connectivity index (χ0n) is 13.9. The largest absolute Gasteiger partial charge is 0.484 e. The molecule has 0 spiro atoms. The van der Waals surface area contributed by atoms with E-state index in [1.54, 1.807) is 0 Å². The van der Waals surface area contributed by atoms with Crippen LogP contribution in [-0.4, -0.2) is 80.0 Å². The summed E-state index contributed by atoms with van der Waals surface area (Å²) >= 11 is 0. The second-order valence-corrected chi connectivity index (χ2v) is 5.91. The predicted octanol–water partition coefficient (Wildman–Crippen LogP) is 0.525. The molecule has 128 valence electrons. The van der Waals surface area contributed by atoms with Gasteiger partial charge in [-0.2, -0.15) is 0 Å². The topological polar surface area (TPSA) is 62.2 Å². The number of likely N-dealkylation sites (N-methyl/N-ethyl adjacent to an activating group) is 1. The Balaban J connectivity index is 1.89. The van der Waals surface area contributed by atoms with Crippen molar-refractivity contribution in [2.75, 3.05) is 53.1 Å². The normalized spacial score (nSPS) is 18.3. The summed E-state index contributed by atoms with van der Waals surface area (Å²) in [6.45, 7) is 5.03. The molecule has 1 aliphatic rings. The van der Waals surface area contributed by atoms with Gasteiger partial charge < -0.3 is 24.4 Å². The van der Waals surface area contributed by atoms with Gasteiger partial charge in [0.05, 0.1) is 25.9 Å².